The van der Waals surface area contributed by atoms with Crippen LogP contribution in [0.2, 0.25) is 5.02 Å². The molecule has 1 saturated heterocycles. The summed E-state index contributed by atoms with van der Waals surface area (Å²) in [5.41, 5.74) is 6.58. The molecule has 0 saturated carbocycles. The predicted molar refractivity (Wildman–Crippen MR) is 172 cm³/mol. The summed E-state index contributed by atoms with van der Waals surface area (Å²) < 4.78 is 5.69. The molecule has 3 heterocycles. The zero-order valence-electron chi connectivity index (χ0n) is 24.7. The molecule has 2 aromatic heterocycles. The second-order valence-corrected chi connectivity index (χ2v) is 11.2. The standard InChI is InChI=1S/C34H35ClN5O4/c1-20(41)15-22-7-11-29(38-17-22)34(43)40-28-6-4-5-26(21(28)2)27-13-14-37-33(32(27)35)23-8-9-24(30(16-23)44-3)18-36-19-25-10-12-31(42)39-25/h4-9,11,13-14,16-17,20,25,36,41H,1,10,12,15,18-19H2,2-3H3,(H,39,42)(H,40,43)/t20-,25-/m0/s1. The van der Waals surface area contributed by atoms with E-state index >= 15 is 0 Å². The van der Waals surface area contributed by atoms with E-state index in [0.717, 1.165) is 39.8 Å². The molecule has 227 valence electrons. The molecule has 2 amide bonds. The van der Waals surface area contributed by atoms with Crippen molar-refractivity contribution in [1.29, 1.82) is 0 Å². The molecule has 0 unspecified atom stereocenters. The summed E-state index contributed by atoms with van der Waals surface area (Å²) in [6.07, 6.45) is 4.33. The number of rotatable bonds is 11. The lowest BCUT2D eigenvalue weighted by Crippen LogP contribution is -2.35. The molecule has 1 aliphatic heterocycles. The topological polar surface area (TPSA) is 125 Å². The first-order valence-electron chi connectivity index (χ1n) is 14.4. The number of methoxy groups -OCH3 is 1. The second-order valence-electron chi connectivity index (χ2n) is 10.8. The quantitative estimate of drug-likeness (QED) is 0.185. The summed E-state index contributed by atoms with van der Waals surface area (Å²) in [5.74, 6) is 0.463. The third-order valence-electron chi connectivity index (χ3n) is 7.64. The number of benzene rings is 2. The fraction of sp³-hybridized carbons (Fsp3) is 0.265. The van der Waals surface area contributed by atoms with Gasteiger partial charge in [0.1, 0.15) is 11.4 Å². The van der Waals surface area contributed by atoms with Gasteiger partial charge < -0.3 is 25.8 Å². The average molecular weight is 613 g/mol. The molecule has 1 radical (unpaired) electrons. The van der Waals surface area contributed by atoms with E-state index in [1.54, 1.807) is 31.6 Å². The molecular weight excluding hydrogens is 578 g/mol. The Kier molecular flexibility index (Phi) is 9.89. The molecule has 1 fully saturated rings. The van der Waals surface area contributed by atoms with Crippen LogP contribution in [0.25, 0.3) is 22.4 Å². The lowest BCUT2D eigenvalue weighted by Gasteiger charge is -2.16. The third-order valence-corrected chi connectivity index (χ3v) is 8.02. The van der Waals surface area contributed by atoms with Crippen LogP contribution in [0, 0.1) is 13.8 Å². The molecular formula is C34H35ClN5O4. The van der Waals surface area contributed by atoms with E-state index in [0.29, 0.717) is 48.1 Å². The molecule has 5 rings (SSSR count). The predicted octanol–water partition coefficient (Wildman–Crippen LogP) is 5.14. The van der Waals surface area contributed by atoms with Crippen molar-refractivity contribution in [3.8, 4) is 28.1 Å². The first kappa shape index (κ1) is 31.1. The van der Waals surface area contributed by atoms with Crippen LogP contribution in [0.15, 0.2) is 67.0 Å². The molecule has 0 aliphatic carbocycles. The van der Waals surface area contributed by atoms with Crippen LogP contribution in [-0.2, 0) is 17.8 Å². The molecule has 9 nitrogen and oxygen atoms in total. The van der Waals surface area contributed by atoms with Gasteiger partial charge in [-0.25, -0.2) is 0 Å². The molecule has 2 aromatic carbocycles. The van der Waals surface area contributed by atoms with Gasteiger partial charge in [0.15, 0.2) is 0 Å². The van der Waals surface area contributed by atoms with E-state index in [4.69, 9.17) is 16.3 Å². The molecule has 44 heavy (non-hydrogen) atoms. The maximum absolute atomic E-state index is 13.0. The monoisotopic (exact) mass is 612 g/mol. The minimum atomic E-state index is -0.732. The SMILES string of the molecule is [CH2][C@H](O)Cc1ccc(C(=O)Nc2cccc(-c3ccnc(-c4ccc(CNC[C@@H]5CCC(=O)N5)c(OC)c4)c3Cl)c2C)nc1. The molecule has 2 atom stereocenters. The van der Waals surface area contributed by atoms with Crippen molar-refractivity contribution in [2.24, 2.45) is 0 Å². The Labute approximate surface area is 262 Å². The number of aromatic nitrogens is 2. The zero-order chi connectivity index (χ0) is 31.2. The largest absolute Gasteiger partial charge is 0.496 e. The van der Waals surface area contributed by atoms with E-state index in [9.17, 15) is 14.7 Å². The number of nitrogens with zero attached hydrogens (tertiary/aromatic N) is 2. The van der Waals surface area contributed by atoms with Gasteiger partial charge in [0.25, 0.3) is 5.91 Å². The highest BCUT2D eigenvalue weighted by Gasteiger charge is 2.21. The molecule has 0 bridgehead atoms. The van der Waals surface area contributed by atoms with Gasteiger partial charge >= 0.3 is 0 Å². The van der Waals surface area contributed by atoms with Crippen molar-refractivity contribution in [2.75, 3.05) is 19.0 Å². The van der Waals surface area contributed by atoms with Crippen molar-refractivity contribution < 1.29 is 19.4 Å². The number of aliphatic hydroxyl groups excluding tert-OH is 1. The summed E-state index contributed by atoms with van der Waals surface area (Å²) in [5, 5.41) is 19.3. The van der Waals surface area contributed by atoms with Gasteiger partial charge in [0.2, 0.25) is 5.91 Å². The van der Waals surface area contributed by atoms with Gasteiger partial charge in [0.05, 0.1) is 23.9 Å². The van der Waals surface area contributed by atoms with Crippen molar-refractivity contribution in [1.82, 2.24) is 20.6 Å². The summed E-state index contributed by atoms with van der Waals surface area (Å²) in [7, 11) is 1.63. The van der Waals surface area contributed by atoms with Gasteiger partial charge in [-0.3, -0.25) is 19.6 Å². The average Bonchev–Trinajstić information content (AvgIpc) is 3.43. The number of carbonyl (C=O) groups is 2. The van der Waals surface area contributed by atoms with Crippen LogP contribution < -0.4 is 20.7 Å². The van der Waals surface area contributed by atoms with Crippen LogP contribution in [0.4, 0.5) is 5.69 Å². The number of carbonyl (C=O) groups excluding carboxylic acids is 2. The number of halogens is 1. The molecule has 0 spiro atoms. The number of hydrogen-bond acceptors (Lipinski definition) is 7. The fourth-order valence-electron chi connectivity index (χ4n) is 5.30. The smallest absolute Gasteiger partial charge is 0.274 e. The van der Waals surface area contributed by atoms with Gasteiger partial charge in [-0.1, -0.05) is 41.9 Å². The van der Waals surface area contributed by atoms with Crippen molar-refractivity contribution in [3.05, 3.63) is 101 Å². The van der Waals surface area contributed by atoms with Gasteiger partial charge in [-0.05, 0) is 67.6 Å². The Morgan fingerprint density at radius 1 is 1.18 bits per heavy atom. The van der Waals surface area contributed by atoms with Gasteiger partial charge in [-0.2, -0.15) is 0 Å². The third kappa shape index (κ3) is 7.24. The van der Waals surface area contributed by atoms with E-state index in [1.165, 1.54) is 0 Å². The van der Waals surface area contributed by atoms with Crippen LogP contribution >= 0.6 is 11.6 Å². The van der Waals surface area contributed by atoms with Crippen LogP contribution in [0.3, 0.4) is 0 Å². The van der Waals surface area contributed by atoms with E-state index in [-0.39, 0.29) is 23.6 Å². The Balaban J connectivity index is 1.34. The van der Waals surface area contributed by atoms with Crippen molar-refractivity contribution in [2.45, 2.75) is 44.9 Å². The van der Waals surface area contributed by atoms with Crippen LogP contribution in [-0.4, -0.2) is 52.7 Å². The lowest BCUT2D eigenvalue weighted by molar-refractivity contribution is -0.119. The van der Waals surface area contributed by atoms with Crippen LogP contribution in [0.1, 0.15) is 40.0 Å². The maximum atomic E-state index is 13.0. The van der Waals surface area contributed by atoms with E-state index in [1.807, 2.05) is 49.4 Å². The highest BCUT2D eigenvalue weighted by Crippen LogP contribution is 2.39. The second kappa shape index (κ2) is 14.0. The van der Waals surface area contributed by atoms with Crippen molar-refractivity contribution in [3.63, 3.8) is 0 Å². The minimum absolute atomic E-state index is 0.100. The molecule has 1 aliphatic rings. The van der Waals surface area contributed by atoms with E-state index < -0.39 is 6.10 Å². The number of aliphatic hydroxyl groups is 1. The summed E-state index contributed by atoms with van der Waals surface area (Å²) >= 11 is 6.99. The Morgan fingerprint density at radius 2 is 2.02 bits per heavy atom. The maximum Gasteiger partial charge on any atom is 0.274 e. The van der Waals surface area contributed by atoms with Crippen LogP contribution in [0.5, 0.6) is 5.75 Å². The first-order valence-corrected chi connectivity index (χ1v) is 14.8. The number of nitrogens with one attached hydrogen (secondary N) is 3. The zero-order valence-corrected chi connectivity index (χ0v) is 25.4. The number of anilines is 1. The molecule has 10 heteroatoms. The van der Waals surface area contributed by atoms with Gasteiger partial charge in [0, 0.05) is 60.3 Å². The Morgan fingerprint density at radius 3 is 2.73 bits per heavy atom. The Hall–Kier alpha value is -4.31. The number of hydrogen-bond donors (Lipinski definition) is 4. The lowest BCUT2D eigenvalue weighted by atomic mass is 9.97. The van der Waals surface area contributed by atoms with Gasteiger partial charge in [-0.15, -0.1) is 0 Å². The Bertz CT molecular complexity index is 1660. The highest BCUT2D eigenvalue weighted by atomic mass is 35.5. The number of ether oxygens (including phenoxy) is 1. The first-order chi connectivity index (χ1) is 21.2. The fourth-order valence-corrected chi connectivity index (χ4v) is 5.63. The highest BCUT2D eigenvalue weighted by molar-refractivity contribution is 6.35. The molecule has 4 aromatic rings. The number of pyridine rings is 2. The number of amides is 2. The van der Waals surface area contributed by atoms with Crippen molar-refractivity contribution >= 4 is 29.1 Å². The summed E-state index contributed by atoms with van der Waals surface area (Å²) in [6, 6.07) is 16.9. The summed E-state index contributed by atoms with van der Waals surface area (Å²) in [4.78, 5) is 33.3. The normalized spacial score (nSPS) is 15.1. The minimum Gasteiger partial charge on any atom is -0.496 e. The summed E-state index contributed by atoms with van der Waals surface area (Å²) in [6.45, 7) is 6.78. The van der Waals surface area contributed by atoms with E-state index in [2.05, 4.69) is 32.8 Å². The molecule has 4 N–H and O–H groups in total.